The molecule has 0 aromatic heterocycles. The van der Waals surface area contributed by atoms with Gasteiger partial charge in [0.15, 0.2) is 0 Å². The van der Waals surface area contributed by atoms with E-state index < -0.39 is 0 Å². The Bertz CT molecular complexity index is 248. The average Bonchev–Trinajstić information content (AvgIpc) is 2.52. The maximum absolute atomic E-state index is 11.6. The Morgan fingerprint density at radius 3 is 1.87 bits per heavy atom. The van der Waals surface area contributed by atoms with Crippen LogP contribution in [0.5, 0.6) is 0 Å². The normalized spacial score (nSPS) is 11.1. The number of hydrogen-bond donors (Lipinski definition) is 0. The van der Waals surface area contributed by atoms with Crippen LogP contribution in [-0.4, -0.2) is 12.6 Å². The van der Waals surface area contributed by atoms with Crippen LogP contribution in [-0.2, 0) is 9.53 Å². The average molecular weight is 327 g/mol. The van der Waals surface area contributed by atoms with Gasteiger partial charge in [-0.25, -0.2) is 0 Å². The van der Waals surface area contributed by atoms with E-state index in [2.05, 4.69) is 20.8 Å². The van der Waals surface area contributed by atoms with Gasteiger partial charge in [0.2, 0.25) is 0 Å². The largest absolute Gasteiger partial charge is 0.466 e. The summed E-state index contributed by atoms with van der Waals surface area (Å²) < 4.78 is 5.27. The summed E-state index contributed by atoms with van der Waals surface area (Å²) in [6.45, 7) is 7.45. The zero-order chi connectivity index (χ0) is 17.2. The van der Waals surface area contributed by atoms with Crippen molar-refractivity contribution in [2.75, 3.05) is 6.61 Å². The lowest BCUT2D eigenvalue weighted by Crippen LogP contribution is -2.05. The molecule has 0 heterocycles. The first-order chi connectivity index (χ1) is 11.2. The topological polar surface area (TPSA) is 26.3 Å². The fraction of sp³-hybridized carbons (Fsp3) is 0.952. The van der Waals surface area contributed by atoms with Crippen molar-refractivity contribution in [1.82, 2.24) is 0 Å². The van der Waals surface area contributed by atoms with E-state index in [0.29, 0.717) is 13.0 Å². The number of ether oxygens (including phenoxy) is 1. The molecule has 0 atom stereocenters. The predicted octanol–water partition coefficient (Wildman–Crippen LogP) is 7.06. The molecule has 0 rings (SSSR count). The Hall–Kier alpha value is -0.530. The molecule has 23 heavy (non-hydrogen) atoms. The summed E-state index contributed by atoms with van der Waals surface area (Å²) in [4.78, 5) is 11.6. The van der Waals surface area contributed by atoms with Crippen LogP contribution in [0.15, 0.2) is 0 Å². The summed E-state index contributed by atoms with van der Waals surface area (Å²) in [5.74, 6) is 0.861. The van der Waals surface area contributed by atoms with Crippen molar-refractivity contribution in [1.29, 1.82) is 0 Å². The van der Waals surface area contributed by atoms with E-state index in [1.165, 1.54) is 77.0 Å². The van der Waals surface area contributed by atoms with Crippen molar-refractivity contribution in [2.24, 2.45) is 5.92 Å². The standard InChI is InChI=1S/C21H42O2/c1-4-5-6-13-16-19-23-21(22)18-15-12-10-8-7-9-11-14-17-20(2)3/h20H,4-19H2,1-3H3. The number of unbranched alkanes of at least 4 members (excludes halogenated alkanes) is 11. The van der Waals surface area contributed by atoms with Crippen molar-refractivity contribution in [3.8, 4) is 0 Å². The van der Waals surface area contributed by atoms with E-state index >= 15 is 0 Å². The first-order valence-electron chi connectivity index (χ1n) is 10.3. The SMILES string of the molecule is CCCCCCCOC(=O)CCCCCCCCCCC(C)C. The van der Waals surface area contributed by atoms with Gasteiger partial charge >= 0.3 is 5.97 Å². The minimum Gasteiger partial charge on any atom is -0.466 e. The first kappa shape index (κ1) is 22.5. The maximum Gasteiger partial charge on any atom is 0.305 e. The molecule has 0 aliphatic rings. The molecule has 0 saturated carbocycles. The van der Waals surface area contributed by atoms with Gasteiger partial charge in [0.05, 0.1) is 6.61 Å². The minimum absolute atomic E-state index is 0.00850. The third kappa shape index (κ3) is 19.4. The highest BCUT2D eigenvalue weighted by atomic mass is 16.5. The van der Waals surface area contributed by atoms with Gasteiger partial charge in [0.1, 0.15) is 0 Å². The van der Waals surface area contributed by atoms with Crippen LogP contribution >= 0.6 is 0 Å². The number of rotatable bonds is 17. The van der Waals surface area contributed by atoms with Gasteiger partial charge in [-0.3, -0.25) is 4.79 Å². The fourth-order valence-corrected chi connectivity index (χ4v) is 2.85. The second kappa shape index (κ2) is 17.8. The Morgan fingerprint density at radius 2 is 1.26 bits per heavy atom. The molecule has 0 aliphatic heterocycles. The van der Waals surface area contributed by atoms with Crippen molar-refractivity contribution in [3.05, 3.63) is 0 Å². The molecule has 0 unspecified atom stereocenters. The molecule has 2 heteroatoms. The summed E-state index contributed by atoms with van der Waals surface area (Å²) in [5.41, 5.74) is 0. The van der Waals surface area contributed by atoms with Crippen molar-refractivity contribution in [2.45, 2.75) is 117 Å². The zero-order valence-electron chi connectivity index (χ0n) is 16.2. The molecular formula is C21H42O2. The summed E-state index contributed by atoms with van der Waals surface area (Å²) in [6.07, 6.45) is 18.3. The monoisotopic (exact) mass is 326 g/mol. The van der Waals surface area contributed by atoms with Crippen LogP contribution in [0.2, 0.25) is 0 Å². The Balaban J connectivity index is 3.14. The highest BCUT2D eigenvalue weighted by Gasteiger charge is 2.02. The van der Waals surface area contributed by atoms with Crippen molar-refractivity contribution in [3.63, 3.8) is 0 Å². The van der Waals surface area contributed by atoms with E-state index in [4.69, 9.17) is 4.74 Å². The first-order valence-corrected chi connectivity index (χ1v) is 10.3. The summed E-state index contributed by atoms with van der Waals surface area (Å²) in [6, 6.07) is 0. The molecule has 0 saturated heterocycles. The van der Waals surface area contributed by atoms with Crippen LogP contribution in [0, 0.1) is 5.92 Å². The van der Waals surface area contributed by atoms with E-state index in [0.717, 1.165) is 18.8 Å². The van der Waals surface area contributed by atoms with E-state index in [-0.39, 0.29) is 5.97 Å². The molecule has 2 nitrogen and oxygen atoms in total. The highest BCUT2D eigenvalue weighted by Crippen LogP contribution is 2.13. The molecule has 0 aromatic rings. The maximum atomic E-state index is 11.6. The van der Waals surface area contributed by atoms with Crippen LogP contribution in [0.3, 0.4) is 0 Å². The zero-order valence-corrected chi connectivity index (χ0v) is 16.2. The second-order valence-corrected chi connectivity index (χ2v) is 7.40. The van der Waals surface area contributed by atoms with Crippen LogP contribution in [0.25, 0.3) is 0 Å². The van der Waals surface area contributed by atoms with Crippen LogP contribution in [0.4, 0.5) is 0 Å². The highest BCUT2D eigenvalue weighted by molar-refractivity contribution is 5.69. The summed E-state index contributed by atoms with van der Waals surface area (Å²) in [7, 11) is 0. The van der Waals surface area contributed by atoms with Gasteiger partial charge in [0, 0.05) is 6.42 Å². The Labute approximate surface area is 145 Å². The Kier molecular flexibility index (Phi) is 17.4. The molecule has 0 aliphatic carbocycles. The van der Waals surface area contributed by atoms with Crippen molar-refractivity contribution < 1.29 is 9.53 Å². The molecule has 0 N–H and O–H groups in total. The lowest BCUT2D eigenvalue weighted by atomic mass is 10.0. The van der Waals surface area contributed by atoms with Gasteiger partial charge in [-0.2, -0.15) is 0 Å². The quantitative estimate of drug-likeness (QED) is 0.211. The van der Waals surface area contributed by atoms with E-state index in [9.17, 15) is 4.79 Å². The predicted molar refractivity (Wildman–Crippen MR) is 101 cm³/mol. The molecule has 138 valence electrons. The molecule has 0 spiro atoms. The van der Waals surface area contributed by atoms with Gasteiger partial charge in [0.25, 0.3) is 0 Å². The lowest BCUT2D eigenvalue weighted by molar-refractivity contribution is -0.143. The number of esters is 1. The smallest absolute Gasteiger partial charge is 0.305 e. The van der Waals surface area contributed by atoms with E-state index in [1.54, 1.807) is 0 Å². The van der Waals surface area contributed by atoms with E-state index in [1.807, 2.05) is 0 Å². The lowest BCUT2D eigenvalue weighted by Gasteiger charge is -2.05. The third-order valence-corrected chi connectivity index (χ3v) is 4.42. The number of carbonyl (C=O) groups is 1. The number of carbonyl (C=O) groups excluding carboxylic acids is 1. The Morgan fingerprint density at radius 1 is 0.739 bits per heavy atom. The van der Waals surface area contributed by atoms with Crippen molar-refractivity contribution >= 4 is 5.97 Å². The van der Waals surface area contributed by atoms with Crippen LogP contribution < -0.4 is 0 Å². The number of hydrogen-bond acceptors (Lipinski definition) is 2. The molecule has 0 fully saturated rings. The van der Waals surface area contributed by atoms with Gasteiger partial charge in [-0.15, -0.1) is 0 Å². The van der Waals surface area contributed by atoms with Gasteiger partial charge in [-0.05, 0) is 18.8 Å². The van der Waals surface area contributed by atoms with Gasteiger partial charge < -0.3 is 4.74 Å². The summed E-state index contributed by atoms with van der Waals surface area (Å²) >= 11 is 0. The second-order valence-electron chi connectivity index (χ2n) is 7.40. The van der Waals surface area contributed by atoms with Gasteiger partial charge in [-0.1, -0.05) is 97.8 Å². The molecule has 0 radical (unpaired) electrons. The molecule has 0 amide bonds. The fourth-order valence-electron chi connectivity index (χ4n) is 2.85. The molecular weight excluding hydrogens is 284 g/mol. The molecule has 0 aromatic carbocycles. The molecule has 0 bridgehead atoms. The summed E-state index contributed by atoms with van der Waals surface area (Å²) in [5, 5.41) is 0. The third-order valence-electron chi connectivity index (χ3n) is 4.42. The minimum atomic E-state index is 0.00850. The van der Waals surface area contributed by atoms with Crippen LogP contribution in [0.1, 0.15) is 117 Å².